The Morgan fingerprint density at radius 1 is 0.469 bits per heavy atom. The van der Waals surface area contributed by atoms with E-state index < -0.39 is 0 Å². The highest BCUT2D eigenvalue weighted by atomic mass is 32.1. The van der Waals surface area contributed by atoms with Crippen molar-refractivity contribution in [3.63, 3.8) is 0 Å². The molecule has 2 aliphatic rings. The van der Waals surface area contributed by atoms with Gasteiger partial charge in [-0.1, -0.05) is 182 Å². The number of hydrogen-bond acceptors (Lipinski definition) is 2. The Bertz CT molecular complexity index is 3720. The zero-order valence-corrected chi connectivity index (χ0v) is 36.2. The lowest BCUT2D eigenvalue weighted by molar-refractivity contribution is 0.577. The van der Waals surface area contributed by atoms with Gasteiger partial charge in [0.1, 0.15) is 0 Å². The van der Waals surface area contributed by atoms with E-state index in [2.05, 4.69) is 241 Å². The smallest absolute Gasteiger partial charge is 0.0638 e. The van der Waals surface area contributed by atoms with Gasteiger partial charge in [-0.25, -0.2) is 0 Å². The molecule has 1 aliphatic carbocycles. The van der Waals surface area contributed by atoms with Crippen LogP contribution in [0.1, 0.15) is 18.9 Å². The minimum atomic E-state index is -0.220. The number of hydrogen-bond donors (Lipinski definition) is 0. The molecule has 13 rings (SSSR count). The Hall–Kier alpha value is -7.72. The molecule has 9 aromatic carbocycles. The Kier molecular flexibility index (Phi) is 8.31. The average molecular weight is 835 g/mol. The van der Waals surface area contributed by atoms with Crippen molar-refractivity contribution in [1.82, 2.24) is 4.57 Å². The molecule has 2 nitrogen and oxygen atoms in total. The number of para-hydroxylation sites is 3. The third kappa shape index (κ3) is 5.44. The van der Waals surface area contributed by atoms with Crippen LogP contribution < -0.4 is 4.90 Å². The number of fused-ring (bicyclic) bond motifs is 9. The summed E-state index contributed by atoms with van der Waals surface area (Å²) in [4.78, 5) is 2.58. The van der Waals surface area contributed by atoms with Crippen LogP contribution in [-0.4, -0.2) is 4.57 Å². The summed E-state index contributed by atoms with van der Waals surface area (Å²) >= 11 is 1.91. The van der Waals surface area contributed by atoms with Crippen LogP contribution in [-0.2, 0) is 5.41 Å². The van der Waals surface area contributed by atoms with Crippen LogP contribution >= 0.6 is 11.3 Å². The van der Waals surface area contributed by atoms with E-state index in [-0.39, 0.29) is 5.41 Å². The topological polar surface area (TPSA) is 8.17 Å². The molecule has 1 aliphatic heterocycles. The maximum atomic E-state index is 2.58. The van der Waals surface area contributed by atoms with Gasteiger partial charge in [-0.05, 0) is 94.8 Å². The summed E-state index contributed by atoms with van der Waals surface area (Å²) in [6.45, 7) is 2.45. The van der Waals surface area contributed by atoms with E-state index in [1.54, 1.807) is 0 Å². The van der Waals surface area contributed by atoms with Gasteiger partial charge in [-0.2, -0.15) is 0 Å². The van der Waals surface area contributed by atoms with Gasteiger partial charge in [0.15, 0.2) is 0 Å². The second kappa shape index (κ2) is 14.4. The molecular formula is C61H42N2S. The predicted octanol–water partition coefficient (Wildman–Crippen LogP) is 17.1. The van der Waals surface area contributed by atoms with Gasteiger partial charge < -0.3 is 9.47 Å². The van der Waals surface area contributed by atoms with E-state index in [0.717, 1.165) is 6.42 Å². The van der Waals surface area contributed by atoms with Crippen LogP contribution in [0.5, 0.6) is 0 Å². The molecule has 0 bridgehead atoms. The molecule has 0 radical (unpaired) electrons. The number of benzene rings is 9. The second-order valence-corrected chi connectivity index (χ2v) is 18.4. The van der Waals surface area contributed by atoms with Gasteiger partial charge in [0.25, 0.3) is 0 Å². The predicted molar refractivity (Wildman–Crippen MR) is 273 cm³/mol. The molecule has 0 spiro atoms. The SMILES string of the molecule is CC12CC=CC=C1N(c1ccc(-c3ccccc3-c3ccccc3)c3c1sc1ccccc13)c1ccc(-c3cccc4c5ccccc5n(-c5ccccc5-c5ccccc5)c34)cc12. The summed E-state index contributed by atoms with van der Waals surface area (Å²) in [6.07, 6.45) is 7.90. The van der Waals surface area contributed by atoms with E-state index in [0.29, 0.717) is 0 Å². The van der Waals surface area contributed by atoms with E-state index in [1.807, 2.05) is 11.3 Å². The van der Waals surface area contributed by atoms with E-state index >= 15 is 0 Å². The third-order valence-electron chi connectivity index (χ3n) is 13.8. The van der Waals surface area contributed by atoms with Crippen molar-refractivity contribution in [2.24, 2.45) is 0 Å². The van der Waals surface area contributed by atoms with Crippen LogP contribution in [0.25, 0.3) is 92.2 Å². The molecule has 3 heterocycles. The molecule has 3 heteroatoms. The Labute approximate surface area is 376 Å². The van der Waals surface area contributed by atoms with Crippen molar-refractivity contribution in [2.45, 2.75) is 18.8 Å². The molecule has 0 saturated carbocycles. The first-order valence-electron chi connectivity index (χ1n) is 22.2. The summed E-state index contributed by atoms with van der Waals surface area (Å²) in [5, 5.41) is 5.13. The molecule has 0 amide bonds. The number of allylic oxidation sites excluding steroid dienone is 4. The van der Waals surface area contributed by atoms with Crippen LogP contribution in [0.15, 0.2) is 230 Å². The normalized spacial score (nSPS) is 15.6. The minimum Gasteiger partial charge on any atom is -0.312 e. The lowest BCUT2D eigenvalue weighted by Gasteiger charge is -2.31. The molecule has 2 aromatic heterocycles. The van der Waals surface area contributed by atoms with Gasteiger partial charge in [-0.15, -0.1) is 11.3 Å². The molecular weight excluding hydrogens is 793 g/mol. The van der Waals surface area contributed by atoms with Gasteiger partial charge in [0.05, 0.1) is 32.8 Å². The minimum absolute atomic E-state index is 0.220. The molecule has 302 valence electrons. The Morgan fingerprint density at radius 2 is 1.11 bits per heavy atom. The average Bonchev–Trinajstić information content (AvgIpc) is 4.00. The van der Waals surface area contributed by atoms with Gasteiger partial charge in [0.2, 0.25) is 0 Å². The summed E-state index contributed by atoms with van der Waals surface area (Å²) in [6, 6.07) is 76.1. The van der Waals surface area contributed by atoms with Crippen LogP contribution in [0, 0.1) is 0 Å². The first kappa shape index (κ1) is 36.9. The summed E-state index contributed by atoms with van der Waals surface area (Å²) in [5.41, 5.74) is 18.4. The number of nitrogens with zero attached hydrogens (tertiary/aromatic N) is 2. The Balaban J connectivity index is 1.03. The van der Waals surface area contributed by atoms with Crippen molar-refractivity contribution in [3.05, 3.63) is 236 Å². The third-order valence-corrected chi connectivity index (χ3v) is 15.0. The van der Waals surface area contributed by atoms with Crippen LogP contribution in [0.4, 0.5) is 11.4 Å². The maximum absolute atomic E-state index is 2.58. The quantitative estimate of drug-likeness (QED) is 0.162. The molecule has 0 saturated heterocycles. The Morgan fingerprint density at radius 3 is 1.94 bits per heavy atom. The molecule has 1 unspecified atom stereocenters. The lowest BCUT2D eigenvalue weighted by Crippen LogP contribution is -2.27. The lowest BCUT2D eigenvalue weighted by atomic mass is 9.76. The van der Waals surface area contributed by atoms with Crippen molar-refractivity contribution in [2.75, 3.05) is 4.90 Å². The molecule has 64 heavy (non-hydrogen) atoms. The van der Waals surface area contributed by atoms with Crippen molar-refractivity contribution in [1.29, 1.82) is 0 Å². The zero-order valence-electron chi connectivity index (χ0n) is 35.4. The fourth-order valence-corrected chi connectivity index (χ4v) is 12.1. The van der Waals surface area contributed by atoms with E-state index in [1.165, 1.54) is 115 Å². The molecule has 0 fully saturated rings. The monoisotopic (exact) mass is 834 g/mol. The zero-order chi connectivity index (χ0) is 42.4. The van der Waals surface area contributed by atoms with Crippen molar-refractivity contribution in [3.8, 4) is 50.2 Å². The number of thiophene rings is 1. The number of anilines is 2. The first-order chi connectivity index (χ1) is 31.7. The van der Waals surface area contributed by atoms with E-state index in [9.17, 15) is 0 Å². The molecule has 0 N–H and O–H groups in total. The largest absolute Gasteiger partial charge is 0.312 e. The summed E-state index contributed by atoms with van der Waals surface area (Å²) < 4.78 is 5.12. The van der Waals surface area contributed by atoms with Crippen molar-refractivity contribution < 1.29 is 0 Å². The highest BCUT2D eigenvalue weighted by Crippen LogP contribution is 2.58. The van der Waals surface area contributed by atoms with E-state index in [4.69, 9.17) is 0 Å². The maximum Gasteiger partial charge on any atom is 0.0638 e. The highest BCUT2D eigenvalue weighted by Gasteiger charge is 2.45. The number of rotatable bonds is 6. The van der Waals surface area contributed by atoms with Gasteiger partial charge in [-0.3, -0.25) is 0 Å². The second-order valence-electron chi connectivity index (χ2n) is 17.4. The number of aromatic nitrogens is 1. The van der Waals surface area contributed by atoms with Crippen LogP contribution in [0.3, 0.4) is 0 Å². The van der Waals surface area contributed by atoms with Gasteiger partial charge >= 0.3 is 0 Å². The molecule has 11 aromatic rings. The van der Waals surface area contributed by atoms with Crippen molar-refractivity contribution >= 4 is 64.7 Å². The highest BCUT2D eigenvalue weighted by molar-refractivity contribution is 7.26. The van der Waals surface area contributed by atoms with Gasteiger partial charge in [0, 0.05) is 48.5 Å². The summed E-state index contributed by atoms with van der Waals surface area (Å²) in [5.74, 6) is 0. The summed E-state index contributed by atoms with van der Waals surface area (Å²) in [7, 11) is 0. The van der Waals surface area contributed by atoms with Crippen LogP contribution in [0.2, 0.25) is 0 Å². The first-order valence-corrected chi connectivity index (χ1v) is 23.1. The fourth-order valence-electron chi connectivity index (χ4n) is 10.9. The fraction of sp³-hybridized carbons (Fsp3) is 0.0492. The molecule has 1 atom stereocenters. The standard InChI is InChI=1S/C61H42N2S/c1-61-38-17-16-33-57(61)62(55-37-35-48(58-50-27-12-15-32-56(50)64-60(55)58)46-25-9-8-23-43(46)40-19-4-2-5-20-40)54-36-34-42(39-51(54)61)45-28-18-29-49-47-26-11-14-31-53(47)63(59(45)49)52-30-13-10-24-44(52)41-21-6-3-7-22-41/h2-37,39H,38H2,1H3.